The molecule has 2 rings (SSSR count). The van der Waals surface area contributed by atoms with E-state index in [1.807, 2.05) is 6.07 Å². The average Bonchev–Trinajstić information content (AvgIpc) is 2.60. The Morgan fingerprint density at radius 2 is 2.43 bits per heavy atom. The maximum atomic E-state index is 5.63. The van der Waals surface area contributed by atoms with Gasteiger partial charge in [-0.3, -0.25) is 0 Å². The number of ether oxygens (including phenoxy) is 1. The summed E-state index contributed by atoms with van der Waals surface area (Å²) in [6.45, 7) is 3.96. The van der Waals surface area contributed by atoms with E-state index >= 15 is 0 Å². The van der Waals surface area contributed by atoms with Crippen LogP contribution in [0.4, 0.5) is 0 Å². The van der Waals surface area contributed by atoms with Gasteiger partial charge in [0.05, 0.1) is 10.5 Å². The number of halogens is 1. The maximum Gasteiger partial charge on any atom is 0.138 e. The fourth-order valence-corrected chi connectivity index (χ4v) is 2.19. The SMILES string of the molecule is CCCNC1COc2c(Br)cccc21. The summed E-state index contributed by atoms with van der Waals surface area (Å²) in [6, 6.07) is 6.56. The van der Waals surface area contributed by atoms with Gasteiger partial charge in [-0.25, -0.2) is 0 Å². The van der Waals surface area contributed by atoms with Gasteiger partial charge in [-0.1, -0.05) is 19.1 Å². The lowest BCUT2D eigenvalue weighted by Gasteiger charge is -2.09. The van der Waals surface area contributed by atoms with Crippen LogP contribution in [0.25, 0.3) is 0 Å². The lowest BCUT2D eigenvalue weighted by molar-refractivity contribution is 0.310. The van der Waals surface area contributed by atoms with E-state index in [9.17, 15) is 0 Å². The Kier molecular flexibility index (Phi) is 3.08. The van der Waals surface area contributed by atoms with E-state index in [4.69, 9.17) is 4.74 Å². The second kappa shape index (κ2) is 4.32. The third-order valence-electron chi connectivity index (χ3n) is 2.41. The number of para-hydroxylation sites is 1. The molecule has 0 aliphatic carbocycles. The van der Waals surface area contributed by atoms with Crippen molar-refractivity contribution in [1.82, 2.24) is 5.32 Å². The first-order chi connectivity index (χ1) is 6.83. The fraction of sp³-hybridized carbons (Fsp3) is 0.455. The largest absolute Gasteiger partial charge is 0.490 e. The van der Waals surface area contributed by atoms with E-state index in [1.54, 1.807) is 0 Å². The summed E-state index contributed by atoms with van der Waals surface area (Å²) < 4.78 is 6.68. The van der Waals surface area contributed by atoms with Crippen LogP contribution in [0.5, 0.6) is 5.75 Å². The van der Waals surface area contributed by atoms with Gasteiger partial charge in [0.25, 0.3) is 0 Å². The molecule has 0 saturated carbocycles. The van der Waals surface area contributed by atoms with Crippen molar-refractivity contribution >= 4 is 15.9 Å². The van der Waals surface area contributed by atoms with Crippen LogP contribution in [0.2, 0.25) is 0 Å². The van der Waals surface area contributed by atoms with E-state index in [1.165, 1.54) is 5.56 Å². The van der Waals surface area contributed by atoms with Crippen molar-refractivity contribution in [3.05, 3.63) is 28.2 Å². The summed E-state index contributed by atoms with van der Waals surface area (Å²) in [4.78, 5) is 0. The summed E-state index contributed by atoms with van der Waals surface area (Å²) in [5, 5.41) is 3.47. The average molecular weight is 256 g/mol. The molecule has 3 heteroatoms. The molecule has 14 heavy (non-hydrogen) atoms. The molecule has 0 saturated heterocycles. The molecule has 1 heterocycles. The monoisotopic (exact) mass is 255 g/mol. The second-order valence-corrected chi connectivity index (χ2v) is 4.33. The zero-order valence-corrected chi connectivity index (χ0v) is 9.80. The van der Waals surface area contributed by atoms with Gasteiger partial charge in [0.1, 0.15) is 12.4 Å². The first-order valence-corrected chi connectivity index (χ1v) is 5.77. The zero-order valence-electron chi connectivity index (χ0n) is 8.22. The lowest BCUT2D eigenvalue weighted by atomic mass is 10.1. The molecule has 1 N–H and O–H groups in total. The number of fused-ring (bicyclic) bond motifs is 1. The van der Waals surface area contributed by atoms with Crippen molar-refractivity contribution in [2.24, 2.45) is 0 Å². The van der Waals surface area contributed by atoms with Crippen LogP contribution in [-0.2, 0) is 0 Å². The molecule has 0 spiro atoms. The van der Waals surface area contributed by atoms with Crippen molar-refractivity contribution in [2.75, 3.05) is 13.2 Å². The highest BCUT2D eigenvalue weighted by atomic mass is 79.9. The molecule has 1 aliphatic heterocycles. The maximum absolute atomic E-state index is 5.63. The highest BCUT2D eigenvalue weighted by molar-refractivity contribution is 9.10. The number of hydrogen-bond acceptors (Lipinski definition) is 2. The summed E-state index contributed by atoms with van der Waals surface area (Å²) in [7, 11) is 0. The quantitative estimate of drug-likeness (QED) is 0.897. The first-order valence-electron chi connectivity index (χ1n) is 4.97. The summed E-state index contributed by atoms with van der Waals surface area (Å²) in [5.41, 5.74) is 1.27. The van der Waals surface area contributed by atoms with E-state index in [0.717, 1.165) is 29.8 Å². The van der Waals surface area contributed by atoms with Gasteiger partial charge < -0.3 is 10.1 Å². The molecule has 1 aromatic carbocycles. The molecule has 1 unspecified atom stereocenters. The second-order valence-electron chi connectivity index (χ2n) is 3.48. The molecular weight excluding hydrogens is 242 g/mol. The molecule has 0 amide bonds. The third kappa shape index (κ3) is 1.79. The van der Waals surface area contributed by atoms with Gasteiger partial charge in [0, 0.05) is 5.56 Å². The number of hydrogen-bond donors (Lipinski definition) is 1. The molecule has 0 aromatic heterocycles. The third-order valence-corrected chi connectivity index (χ3v) is 3.03. The number of rotatable bonds is 3. The first kappa shape index (κ1) is 9.99. The van der Waals surface area contributed by atoms with Crippen LogP contribution < -0.4 is 10.1 Å². The van der Waals surface area contributed by atoms with E-state index in [2.05, 4.69) is 40.3 Å². The van der Waals surface area contributed by atoms with E-state index in [0.29, 0.717) is 6.04 Å². The zero-order chi connectivity index (χ0) is 9.97. The number of nitrogens with one attached hydrogen (secondary N) is 1. The minimum atomic E-state index is 0.363. The Labute approximate surface area is 92.8 Å². The highest BCUT2D eigenvalue weighted by Gasteiger charge is 2.24. The molecule has 76 valence electrons. The van der Waals surface area contributed by atoms with Crippen molar-refractivity contribution in [3.8, 4) is 5.75 Å². The Hall–Kier alpha value is -0.540. The van der Waals surface area contributed by atoms with Crippen LogP contribution in [0.15, 0.2) is 22.7 Å². The molecular formula is C11H14BrNO. The van der Waals surface area contributed by atoms with Gasteiger partial charge in [-0.05, 0) is 35.0 Å². The van der Waals surface area contributed by atoms with Crippen molar-refractivity contribution in [3.63, 3.8) is 0 Å². The molecule has 0 bridgehead atoms. The molecule has 0 fully saturated rings. The standard InChI is InChI=1S/C11H14BrNO/c1-2-6-13-10-7-14-11-8(10)4-3-5-9(11)12/h3-5,10,13H,2,6-7H2,1H3. The van der Waals surface area contributed by atoms with E-state index in [-0.39, 0.29) is 0 Å². The fourth-order valence-electron chi connectivity index (χ4n) is 1.70. The molecule has 1 aliphatic rings. The van der Waals surface area contributed by atoms with Gasteiger partial charge in [-0.15, -0.1) is 0 Å². The van der Waals surface area contributed by atoms with Gasteiger partial charge >= 0.3 is 0 Å². The summed E-state index contributed by atoms with van der Waals surface area (Å²) in [5.74, 6) is 1.00. The van der Waals surface area contributed by atoms with Crippen LogP contribution in [-0.4, -0.2) is 13.2 Å². The normalized spacial score (nSPS) is 19.1. The Bertz CT molecular complexity index is 327. The van der Waals surface area contributed by atoms with Crippen molar-refractivity contribution in [2.45, 2.75) is 19.4 Å². The molecule has 2 nitrogen and oxygen atoms in total. The minimum Gasteiger partial charge on any atom is -0.490 e. The van der Waals surface area contributed by atoms with Crippen LogP contribution in [0.1, 0.15) is 24.9 Å². The van der Waals surface area contributed by atoms with Crippen molar-refractivity contribution in [1.29, 1.82) is 0 Å². The Morgan fingerprint density at radius 3 is 3.21 bits per heavy atom. The summed E-state index contributed by atoms with van der Waals surface area (Å²) >= 11 is 3.49. The number of benzene rings is 1. The van der Waals surface area contributed by atoms with E-state index < -0.39 is 0 Å². The molecule has 0 radical (unpaired) electrons. The van der Waals surface area contributed by atoms with Crippen LogP contribution in [0.3, 0.4) is 0 Å². The van der Waals surface area contributed by atoms with Gasteiger partial charge in [0.15, 0.2) is 0 Å². The highest BCUT2D eigenvalue weighted by Crippen LogP contribution is 2.38. The smallest absolute Gasteiger partial charge is 0.138 e. The molecule has 1 atom stereocenters. The lowest BCUT2D eigenvalue weighted by Crippen LogP contribution is -2.22. The van der Waals surface area contributed by atoms with Crippen LogP contribution in [0, 0.1) is 0 Å². The van der Waals surface area contributed by atoms with Crippen LogP contribution >= 0.6 is 15.9 Å². The Morgan fingerprint density at radius 1 is 1.57 bits per heavy atom. The summed E-state index contributed by atoms with van der Waals surface area (Å²) in [6.07, 6.45) is 1.15. The Balaban J connectivity index is 2.18. The van der Waals surface area contributed by atoms with Gasteiger partial charge in [0.2, 0.25) is 0 Å². The minimum absolute atomic E-state index is 0.363. The molecule has 1 aromatic rings. The predicted octanol–water partition coefficient (Wildman–Crippen LogP) is 2.88. The predicted molar refractivity (Wildman–Crippen MR) is 60.7 cm³/mol. The van der Waals surface area contributed by atoms with Crippen molar-refractivity contribution < 1.29 is 4.74 Å². The van der Waals surface area contributed by atoms with Gasteiger partial charge in [-0.2, -0.15) is 0 Å². The topological polar surface area (TPSA) is 21.3 Å².